The lowest BCUT2D eigenvalue weighted by Crippen LogP contribution is -2.53. The molecule has 0 amide bonds. The molecule has 1 saturated carbocycles. The normalized spacial score (nSPS) is 24.1. The maximum atomic E-state index is 5.75. The van der Waals surface area contributed by atoms with Crippen molar-refractivity contribution in [3.05, 3.63) is 0 Å². The highest BCUT2D eigenvalue weighted by Crippen LogP contribution is 2.32. The molecule has 3 N–H and O–H groups in total. The molecule has 0 aromatic rings. The average molecular weight is 195 g/mol. The Bertz CT molecular complexity index is 286. The zero-order valence-electron chi connectivity index (χ0n) is 8.75. The molecular weight excluding hydrogens is 178 g/mol. The predicted molar refractivity (Wildman–Crippen MR) is 57.1 cm³/mol. The first-order valence-electron chi connectivity index (χ1n) is 5.01. The molecule has 0 atom stereocenters. The average Bonchev–Trinajstić information content (AvgIpc) is 2.51. The summed E-state index contributed by atoms with van der Waals surface area (Å²) in [5.74, 6) is 1.22. The molecule has 1 aliphatic carbocycles. The smallest absolute Gasteiger partial charge is 0.225 e. The number of hydrogen-bond donors (Lipinski definition) is 2. The summed E-state index contributed by atoms with van der Waals surface area (Å²) in [7, 11) is 3.87. The van der Waals surface area contributed by atoms with Gasteiger partial charge in [-0.2, -0.15) is 4.99 Å². The first-order chi connectivity index (χ1) is 6.61. The Morgan fingerprint density at radius 2 is 2.00 bits per heavy atom. The van der Waals surface area contributed by atoms with Gasteiger partial charge in [-0.1, -0.05) is 0 Å². The summed E-state index contributed by atoms with van der Waals surface area (Å²) in [5, 5.41) is 3.19. The number of guanidine groups is 2. The van der Waals surface area contributed by atoms with Gasteiger partial charge in [0.25, 0.3) is 0 Å². The molecule has 1 fully saturated rings. The van der Waals surface area contributed by atoms with Crippen molar-refractivity contribution in [2.45, 2.75) is 31.3 Å². The van der Waals surface area contributed by atoms with Crippen molar-refractivity contribution in [1.82, 2.24) is 10.2 Å². The second-order valence-electron chi connectivity index (χ2n) is 4.17. The molecule has 78 valence electrons. The molecule has 5 heteroatoms. The third-order valence-electron chi connectivity index (χ3n) is 2.73. The molecule has 0 unspecified atom stereocenters. The van der Waals surface area contributed by atoms with E-state index in [2.05, 4.69) is 15.3 Å². The molecule has 5 nitrogen and oxygen atoms in total. The van der Waals surface area contributed by atoms with Gasteiger partial charge in [-0.05, 0) is 25.7 Å². The minimum atomic E-state index is -0.161. The molecule has 1 heterocycles. The van der Waals surface area contributed by atoms with Crippen molar-refractivity contribution < 1.29 is 0 Å². The van der Waals surface area contributed by atoms with Crippen LogP contribution in [0.15, 0.2) is 9.98 Å². The van der Waals surface area contributed by atoms with Crippen LogP contribution in [0.5, 0.6) is 0 Å². The van der Waals surface area contributed by atoms with Crippen LogP contribution < -0.4 is 11.1 Å². The summed E-state index contributed by atoms with van der Waals surface area (Å²) < 4.78 is 0. The number of rotatable bonds is 0. The Labute approximate surface area is 84.1 Å². The Morgan fingerprint density at radius 1 is 1.36 bits per heavy atom. The van der Waals surface area contributed by atoms with Gasteiger partial charge in [0.05, 0.1) is 0 Å². The molecule has 0 aromatic heterocycles. The summed E-state index contributed by atoms with van der Waals surface area (Å²) in [6.45, 7) is 0. The Kier molecular flexibility index (Phi) is 2.09. The molecule has 2 aliphatic rings. The van der Waals surface area contributed by atoms with E-state index < -0.39 is 0 Å². The second-order valence-corrected chi connectivity index (χ2v) is 4.17. The van der Waals surface area contributed by atoms with E-state index in [-0.39, 0.29) is 5.66 Å². The number of nitrogens with zero attached hydrogens (tertiary/aromatic N) is 3. The maximum Gasteiger partial charge on any atom is 0.225 e. The van der Waals surface area contributed by atoms with Crippen molar-refractivity contribution in [2.75, 3.05) is 14.1 Å². The van der Waals surface area contributed by atoms with Gasteiger partial charge in [0.2, 0.25) is 5.96 Å². The fourth-order valence-corrected chi connectivity index (χ4v) is 2.02. The molecule has 0 bridgehead atoms. The van der Waals surface area contributed by atoms with Gasteiger partial charge in [-0.3, -0.25) is 0 Å². The van der Waals surface area contributed by atoms with Gasteiger partial charge in [0.15, 0.2) is 5.96 Å². The minimum Gasteiger partial charge on any atom is -0.370 e. The molecule has 0 radical (unpaired) electrons. The van der Waals surface area contributed by atoms with Crippen LogP contribution in [0.3, 0.4) is 0 Å². The molecule has 0 saturated heterocycles. The lowest BCUT2D eigenvalue weighted by atomic mass is 10.1. The standard InChI is InChI=1S/C9H17N5/c1-14(2)8-11-7(10)12-9(13-8)5-3-4-6-9/h3-6H2,1-2H3,(H3,10,11,12,13). The summed E-state index contributed by atoms with van der Waals surface area (Å²) in [5.41, 5.74) is 5.59. The molecule has 0 aromatic carbocycles. The summed E-state index contributed by atoms with van der Waals surface area (Å²) >= 11 is 0. The van der Waals surface area contributed by atoms with Crippen molar-refractivity contribution in [2.24, 2.45) is 15.7 Å². The SMILES string of the molecule is CN(C)C1=NC2(CCCC2)NC(N)=N1. The number of aliphatic imine (C=N–C) groups is 2. The quantitative estimate of drug-likeness (QED) is 0.576. The second kappa shape index (κ2) is 3.15. The predicted octanol–water partition coefficient (Wildman–Crippen LogP) is 0.0922. The van der Waals surface area contributed by atoms with E-state index in [1.807, 2.05) is 19.0 Å². The van der Waals surface area contributed by atoms with E-state index in [0.717, 1.165) is 18.8 Å². The fourth-order valence-electron chi connectivity index (χ4n) is 2.02. The van der Waals surface area contributed by atoms with Crippen LogP contribution in [0.4, 0.5) is 0 Å². The zero-order chi connectivity index (χ0) is 10.2. The van der Waals surface area contributed by atoms with E-state index in [0.29, 0.717) is 5.96 Å². The Hall–Kier alpha value is -1.26. The van der Waals surface area contributed by atoms with Gasteiger partial charge >= 0.3 is 0 Å². The maximum absolute atomic E-state index is 5.75. The van der Waals surface area contributed by atoms with Crippen LogP contribution in [0.25, 0.3) is 0 Å². The fraction of sp³-hybridized carbons (Fsp3) is 0.778. The molecule has 2 rings (SSSR count). The van der Waals surface area contributed by atoms with Crippen LogP contribution in [0.1, 0.15) is 25.7 Å². The summed E-state index contributed by atoms with van der Waals surface area (Å²) in [4.78, 5) is 10.7. The largest absolute Gasteiger partial charge is 0.370 e. The third kappa shape index (κ3) is 1.54. The van der Waals surface area contributed by atoms with Crippen LogP contribution >= 0.6 is 0 Å². The summed E-state index contributed by atoms with van der Waals surface area (Å²) in [6, 6.07) is 0. The molecule has 14 heavy (non-hydrogen) atoms. The van der Waals surface area contributed by atoms with Crippen LogP contribution in [0, 0.1) is 0 Å². The highest BCUT2D eigenvalue weighted by molar-refractivity contribution is 5.96. The van der Waals surface area contributed by atoms with Gasteiger partial charge in [0.1, 0.15) is 5.66 Å². The number of hydrogen-bond acceptors (Lipinski definition) is 5. The Morgan fingerprint density at radius 3 is 2.57 bits per heavy atom. The van der Waals surface area contributed by atoms with Gasteiger partial charge in [0, 0.05) is 14.1 Å². The third-order valence-corrected chi connectivity index (χ3v) is 2.73. The first-order valence-corrected chi connectivity index (χ1v) is 5.01. The highest BCUT2D eigenvalue weighted by Gasteiger charge is 2.36. The zero-order valence-corrected chi connectivity index (χ0v) is 8.75. The number of nitrogens with one attached hydrogen (secondary N) is 1. The van der Waals surface area contributed by atoms with E-state index in [1.54, 1.807) is 0 Å². The first kappa shape index (κ1) is 9.30. The number of nitrogens with two attached hydrogens (primary N) is 1. The lowest BCUT2D eigenvalue weighted by Gasteiger charge is -2.31. The van der Waals surface area contributed by atoms with Gasteiger partial charge in [-0.15, -0.1) is 0 Å². The van der Waals surface area contributed by atoms with Crippen molar-refractivity contribution >= 4 is 11.9 Å². The van der Waals surface area contributed by atoms with Gasteiger partial charge < -0.3 is 16.0 Å². The van der Waals surface area contributed by atoms with Gasteiger partial charge in [-0.25, -0.2) is 4.99 Å². The Balaban J connectivity index is 2.27. The summed E-state index contributed by atoms with van der Waals surface area (Å²) in [6.07, 6.45) is 4.54. The topological polar surface area (TPSA) is 66.0 Å². The molecular formula is C9H17N5. The van der Waals surface area contributed by atoms with Crippen LogP contribution in [-0.2, 0) is 0 Å². The van der Waals surface area contributed by atoms with Crippen molar-refractivity contribution in [3.63, 3.8) is 0 Å². The minimum absolute atomic E-state index is 0.161. The molecule has 1 spiro atoms. The van der Waals surface area contributed by atoms with E-state index in [4.69, 9.17) is 5.73 Å². The van der Waals surface area contributed by atoms with Crippen molar-refractivity contribution in [1.29, 1.82) is 0 Å². The van der Waals surface area contributed by atoms with E-state index in [9.17, 15) is 0 Å². The van der Waals surface area contributed by atoms with E-state index in [1.165, 1.54) is 12.8 Å². The monoisotopic (exact) mass is 195 g/mol. The molecule has 1 aliphatic heterocycles. The van der Waals surface area contributed by atoms with Crippen molar-refractivity contribution in [3.8, 4) is 0 Å². The van der Waals surface area contributed by atoms with E-state index >= 15 is 0 Å². The highest BCUT2D eigenvalue weighted by atomic mass is 15.4. The van der Waals surface area contributed by atoms with Crippen LogP contribution in [-0.4, -0.2) is 36.6 Å². The lowest BCUT2D eigenvalue weighted by molar-refractivity contribution is 0.392. The van der Waals surface area contributed by atoms with Crippen LogP contribution in [0.2, 0.25) is 0 Å².